The van der Waals surface area contributed by atoms with Crippen molar-refractivity contribution in [2.75, 3.05) is 26.2 Å². The Labute approximate surface area is 145 Å². The van der Waals surface area contributed by atoms with Gasteiger partial charge in [-0.2, -0.15) is 0 Å². The summed E-state index contributed by atoms with van der Waals surface area (Å²) in [5, 5.41) is 2.65. The van der Waals surface area contributed by atoms with E-state index in [0.717, 1.165) is 25.4 Å². The quantitative estimate of drug-likeness (QED) is 0.732. The molecule has 0 radical (unpaired) electrons. The minimum atomic E-state index is -0.562. The van der Waals surface area contributed by atoms with Gasteiger partial charge in [0.05, 0.1) is 18.7 Å². The maximum atomic E-state index is 12.2. The van der Waals surface area contributed by atoms with Gasteiger partial charge in [-0.05, 0) is 37.5 Å². The second-order valence-electron chi connectivity index (χ2n) is 7.55. The average Bonchev–Trinajstić information content (AvgIpc) is 3.10. The first-order valence-corrected chi connectivity index (χ1v) is 9.40. The van der Waals surface area contributed by atoms with Crippen molar-refractivity contribution in [1.29, 1.82) is 0 Å². The zero-order chi connectivity index (χ0) is 17.5. The van der Waals surface area contributed by atoms with Crippen LogP contribution in [-0.2, 0) is 14.3 Å². The lowest BCUT2D eigenvalue weighted by atomic mass is 10.0. The fourth-order valence-corrected chi connectivity index (χ4v) is 3.42. The Morgan fingerprint density at radius 2 is 1.79 bits per heavy atom. The van der Waals surface area contributed by atoms with Crippen LogP contribution in [0.1, 0.15) is 52.4 Å². The Morgan fingerprint density at radius 1 is 1.17 bits per heavy atom. The molecule has 0 aromatic heterocycles. The minimum Gasteiger partial charge on any atom is -0.378 e. The number of carbonyl (C=O) groups is 2. The first-order valence-electron chi connectivity index (χ1n) is 9.40. The Kier molecular flexibility index (Phi) is 7.49. The Morgan fingerprint density at radius 3 is 2.38 bits per heavy atom. The molecule has 0 spiro atoms. The van der Waals surface area contributed by atoms with Crippen molar-refractivity contribution in [3.63, 3.8) is 0 Å². The normalized spacial score (nSPS) is 21.2. The maximum absolute atomic E-state index is 12.2. The van der Waals surface area contributed by atoms with E-state index in [1.54, 1.807) is 0 Å². The van der Waals surface area contributed by atoms with E-state index < -0.39 is 6.04 Å². The van der Waals surface area contributed by atoms with Crippen LogP contribution >= 0.6 is 0 Å². The van der Waals surface area contributed by atoms with E-state index in [0.29, 0.717) is 13.1 Å². The molecule has 1 saturated carbocycles. The SMILES string of the molecule is CC(C)[C@H](N)C(=O)NCC(=O)N1CCC(OCC2CCCC2)CC1. The van der Waals surface area contributed by atoms with Crippen LogP contribution in [-0.4, -0.2) is 55.1 Å². The molecule has 0 aromatic carbocycles. The number of nitrogens with two attached hydrogens (primary N) is 1. The zero-order valence-corrected chi connectivity index (χ0v) is 15.1. The van der Waals surface area contributed by atoms with E-state index in [2.05, 4.69) is 5.32 Å². The molecular weight excluding hydrogens is 306 g/mol. The van der Waals surface area contributed by atoms with Gasteiger partial charge in [0.1, 0.15) is 0 Å². The molecule has 24 heavy (non-hydrogen) atoms. The van der Waals surface area contributed by atoms with Crippen molar-refractivity contribution >= 4 is 11.8 Å². The lowest BCUT2D eigenvalue weighted by Gasteiger charge is -2.32. The first-order chi connectivity index (χ1) is 11.5. The molecule has 3 N–H and O–H groups in total. The zero-order valence-electron chi connectivity index (χ0n) is 15.1. The standard InChI is InChI=1S/C18H33N3O3/c1-13(2)17(19)18(23)20-11-16(22)21-9-7-15(8-10-21)24-12-14-5-3-4-6-14/h13-15,17H,3-12,19H2,1-2H3,(H,20,23)/t17-/m0/s1. The summed E-state index contributed by atoms with van der Waals surface area (Å²) in [6.45, 7) is 6.11. The summed E-state index contributed by atoms with van der Waals surface area (Å²) < 4.78 is 6.03. The largest absolute Gasteiger partial charge is 0.378 e. The van der Waals surface area contributed by atoms with Crippen LogP contribution in [0.2, 0.25) is 0 Å². The van der Waals surface area contributed by atoms with E-state index in [1.807, 2.05) is 18.7 Å². The number of nitrogens with one attached hydrogen (secondary N) is 1. The van der Waals surface area contributed by atoms with E-state index in [4.69, 9.17) is 10.5 Å². The Hall–Kier alpha value is -1.14. The van der Waals surface area contributed by atoms with Gasteiger partial charge < -0.3 is 20.7 Å². The highest BCUT2D eigenvalue weighted by Crippen LogP contribution is 2.26. The number of rotatable bonds is 7. The summed E-state index contributed by atoms with van der Waals surface area (Å²) >= 11 is 0. The van der Waals surface area contributed by atoms with Crippen molar-refractivity contribution in [2.45, 2.75) is 64.5 Å². The fraction of sp³-hybridized carbons (Fsp3) is 0.889. The molecule has 1 saturated heterocycles. The summed E-state index contributed by atoms with van der Waals surface area (Å²) in [7, 11) is 0. The van der Waals surface area contributed by atoms with Gasteiger partial charge in [-0.1, -0.05) is 26.7 Å². The molecule has 6 heteroatoms. The van der Waals surface area contributed by atoms with Gasteiger partial charge in [-0.15, -0.1) is 0 Å². The molecule has 138 valence electrons. The number of nitrogens with zero attached hydrogens (tertiary/aromatic N) is 1. The average molecular weight is 339 g/mol. The second kappa shape index (κ2) is 9.37. The number of hydrogen-bond donors (Lipinski definition) is 2. The number of hydrogen-bond acceptors (Lipinski definition) is 4. The van der Waals surface area contributed by atoms with Crippen LogP contribution in [0.25, 0.3) is 0 Å². The van der Waals surface area contributed by atoms with E-state index in [-0.39, 0.29) is 30.4 Å². The Bertz CT molecular complexity index is 414. The summed E-state index contributed by atoms with van der Waals surface area (Å²) in [6, 6.07) is -0.562. The molecule has 6 nitrogen and oxygen atoms in total. The van der Waals surface area contributed by atoms with Crippen molar-refractivity contribution in [2.24, 2.45) is 17.6 Å². The van der Waals surface area contributed by atoms with E-state index in [9.17, 15) is 9.59 Å². The third-order valence-corrected chi connectivity index (χ3v) is 5.27. The highest BCUT2D eigenvalue weighted by Gasteiger charge is 2.25. The topological polar surface area (TPSA) is 84.7 Å². The number of ether oxygens (including phenoxy) is 1. The van der Waals surface area contributed by atoms with Crippen LogP contribution < -0.4 is 11.1 Å². The summed E-state index contributed by atoms with van der Waals surface area (Å²) in [4.78, 5) is 25.8. The van der Waals surface area contributed by atoms with Crippen LogP contribution in [0.5, 0.6) is 0 Å². The number of piperidine rings is 1. The minimum absolute atomic E-state index is 0.0338. The number of likely N-dealkylation sites (tertiary alicyclic amines) is 1. The first kappa shape index (κ1) is 19.2. The number of carbonyl (C=O) groups excluding carboxylic acids is 2. The molecule has 2 aliphatic rings. The molecule has 1 heterocycles. The third kappa shape index (κ3) is 5.74. The number of amides is 2. The molecule has 0 aromatic rings. The van der Waals surface area contributed by atoms with E-state index in [1.165, 1.54) is 25.7 Å². The van der Waals surface area contributed by atoms with Gasteiger partial charge in [0.2, 0.25) is 11.8 Å². The van der Waals surface area contributed by atoms with Gasteiger partial charge >= 0.3 is 0 Å². The summed E-state index contributed by atoms with van der Waals surface area (Å²) in [6.07, 6.45) is 7.33. The van der Waals surface area contributed by atoms with Gasteiger partial charge in [-0.25, -0.2) is 0 Å². The fourth-order valence-electron chi connectivity index (χ4n) is 3.42. The van der Waals surface area contributed by atoms with Gasteiger partial charge in [0.25, 0.3) is 0 Å². The van der Waals surface area contributed by atoms with Crippen molar-refractivity contribution in [1.82, 2.24) is 10.2 Å². The van der Waals surface area contributed by atoms with Crippen LogP contribution in [0.15, 0.2) is 0 Å². The summed E-state index contributed by atoms with van der Waals surface area (Å²) in [5.41, 5.74) is 5.77. The van der Waals surface area contributed by atoms with E-state index >= 15 is 0 Å². The van der Waals surface area contributed by atoms with Crippen molar-refractivity contribution in [3.8, 4) is 0 Å². The lowest BCUT2D eigenvalue weighted by Crippen LogP contribution is -2.49. The smallest absolute Gasteiger partial charge is 0.241 e. The van der Waals surface area contributed by atoms with Gasteiger partial charge in [0.15, 0.2) is 0 Å². The highest BCUT2D eigenvalue weighted by atomic mass is 16.5. The lowest BCUT2D eigenvalue weighted by molar-refractivity contribution is -0.135. The monoisotopic (exact) mass is 339 g/mol. The highest BCUT2D eigenvalue weighted by molar-refractivity contribution is 5.87. The molecule has 2 fully saturated rings. The molecule has 0 bridgehead atoms. The molecule has 2 amide bonds. The molecule has 1 aliphatic carbocycles. The third-order valence-electron chi connectivity index (χ3n) is 5.27. The van der Waals surface area contributed by atoms with Gasteiger partial charge in [0, 0.05) is 19.7 Å². The van der Waals surface area contributed by atoms with Crippen LogP contribution in [0.3, 0.4) is 0 Å². The molecular formula is C18H33N3O3. The summed E-state index contributed by atoms with van der Waals surface area (Å²) in [5.74, 6) is 0.514. The van der Waals surface area contributed by atoms with Crippen molar-refractivity contribution < 1.29 is 14.3 Å². The maximum Gasteiger partial charge on any atom is 0.241 e. The molecule has 0 unspecified atom stereocenters. The molecule has 2 rings (SSSR count). The van der Waals surface area contributed by atoms with Crippen molar-refractivity contribution in [3.05, 3.63) is 0 Å². The van der Waals surface area contributed by atoms with Gasteiger partial charge in [-0.3, -0.25) is 9.59 Å². The predicted octanol–water partition coefficient (Wildman–Crippen LogP) is 1.28. The molecule has 1 aliphatic heterocycles. The predicted molar refractivity (Wildman–Crippen MR) is 93.3 cm³/mol. The van der Waals surface area contributed by atoms with Crippen LogP contribution in [0, 0.1) is 11.8 Å². The van der Waals surface area contributed by atoms with Crippen LogP contribution in [0.4, 0.5) is 0 Å². The Balaban J connectivity index is 1.62. The second-order valence-corrected chi connectivity index (χ2v) is 7.55. The molecule has 1 atom stereocenters.